The standard InChI is InChI=1S/C16H30N2O2/c1-18-11-13(8-9-16(19)20-2)10-15(12-18)17-14-6-4-3-5-7-14/h13-15,17H,3-12H2,1-2H3. The Morgan fingerprint density at radius 1 is 1.20 bits per heavy atom. The summed E-state index contributed by atoms with van der Waals surface area (Å²) in [6, 6.07) is 1.32. The van der Waals surface area contributed by atoms with Crippen molar-refractivity contribution in [3.63, 3.8) is 0 Å². The fourth-order valence-corrected chi connectivity index (χ4v) is 3.80. The Kier molecular flexibility index (Phi) is 6.30. The molecule has 116 valence electrons. The minimum atomic E-state index is -0.0741. The number of rotatable bonds is 5. The maximum atomic E-state index is 11.3. The average molecular weight is 282 g/mol. The molecule has 1 aliphatic heterocycles. The van der Waals surface area contributed by atoms with E-state index in [0.717, 1.165) is 25.6 Å². The summed E-state index contributed by atoms with van der Waals surface area (Å²) in [7, 11) is 3.67. The monoisotopic (exact) mass is 282 g/mol. The van der Waals surface area contributed by atoms with Crippen LogP contribution in [0, 0.1) is 5.92 Å². The largest absolute Gasteiger partial charge is 0.469 e. The minimum Gasteiger partial charge on any atom is -0.469 e. The summed E-state index contributed by atoms with van der Waals surface area (Å²) in [6.45, 7) is 2.26. The summed E-state index contributed by atoms with van der Waals surface area (Å²) in [4.78, 5) is 13.7. The maximum Gasteiger partial charge on any atom is 0.305 e. The molecule has 1 aliphatic carbocycles. The molecule has 0 spiro atoms. The Hall–Kier alpha value is -0.610. The summed E-state index contributed by atoms with van der Waals surface area (Å²) in [6.07, 6.45) is 9.57. The molecule has 0 aromatic carbocycles. The number of nitrogens with one attached hydrogen (secondary N) is 1. The van der Waals surface area contributed by atoms with Crippen LogP contribution in [0.25, 0.3) is 0 Å². The van der Waals surface area contributed by atoms with Crippen LogP contribution in [-0.2, 0) is 9.53 Å². The Bertz CT molecular complexity index is 303. The van der Waals surface area contributed by atoms with Gasteiger partial charge in [-0.05, 0) is 38.6 Å². The third kappa shape index (κ3) is 5.06. The lowest BCUT2D eigenvalue weighted by Gasteiger charge is -2.38. The first-order valence-corrected chi connectivity index (χ1v) is 8.18. The lowest BCUT2D eigenvalue weighted by atomic mass is 9.88. The molecule has 0 aromatic rings. The van der Waals surface area contributed by atoms with Crippen molar-refractivity contribution in [3.05, 3.63) is 0 Å². The van der Waals surface area contributed by atoms with Crippen LogP contribution in [0.3, 0.4) is 0 Å². The highest BCUT2D eigenvalue weighted by Crippen LogP contribution is 2.23. The van der Waals surface area contributed by atoms with Crippen LogP contribution in [0.5, 0.6) is 0 Å². The number of likely N-dealkylation sites (N-methyl/N-ethyl adjacent to an activating group) is 1. The first-order valence-electron chi connectivity index (χ1n) is 8.18. The molecule has 20 heavy (non-hydrogen) atoms. The molecular weight excluding hydrogens is 252 g/mol. The Morgan fingerprint density at radius 2 is 1.95 bits per heavy atom. The quantitative estimate of drug-likeness (QED) is 0.785. The van der Waals surface area contributed by atoms with E-state index >= 15 is 0 Å². The lowest BCUT2D eigenvalue weighted by Crippen LogP contribution is -2.51. The van der Waals surface area contributed by atoms with E-state index in [-0.39, 0.29) is 5.97 Å². The van der Waals surface area contributed by atoms with E-state index < -0.39 is 0 Å². The van der Waals surface area contributed by atoms with Crippen LogP contribution < -0.4 is 5.32 Å². The van der Waals surface area contributed by atoms with E-state index in [9.17, 15) is 4.79 Å². The maximum absolute atomic E-state index is 11.3. The lowest BCUT2D eigenvalue weighted by molar-refractivity contribution is -0.141. The number of piperidine rings is 1. The number of likely N-dealkylation sites (tertiary alicyclic amines) is 1. The SMILES string of the molecule is COC(=O)CCC1CC(NC2CCCCC2)CN(C)C1. The van der Waals surface area contributed by atoms with Crippen LogP contribution in [0.4, 0.5) is 0 Å². The van der Waals surface area contributed by atoms with Gasteiger partial charge in [0, 0.05) is 31.6 Å². The van der Waals surface area contributed by atoms with Crippen molar-refractivity contribution < 1.29 is 9.53 Å². The topological polar surface area (TPSA) is 41.6 Å². The molecule has 4 heteroatoms. The molecule has 1 N–H and O–H groups in total. The molecule has 1 saturated carbocycles. The summed E-state index contributed by atoms with van der Waals surface area (Å²) >= 11 is 0. The van der Waals surface area contributed by atoms with Gasteiger partial charge in [-0.2, -0.15) is 0 Å². The molecule has 4 nitrogen and oxygen atoms in total. The number of hydrogen-bond acceptors (Lipinski definition) is 4. The molecular formula is C16H30N2O2. The van der Waals surface area contributed by atoms with Crippen LogP contribution in [0.2, 0.25) is 0 Å². The normalized spacial score (nSPS) is 29.3. The van der Waals surface area contributed by atoms with Crippen molar-refractivity contribution in [2.75, 3.05) is 27.2 Å². The van der Waals surface area contributed by atoms with E-state index in [2.05, 4.69) is 17.3 Å². The van der Waals surface area contributed by atoms with E-state index in [1.807, 2.05) is 0 Å². The highest BCUT2D eigenvalue weighted by atomic mass is 16.5. The predicted octanol–water partition coefficient (Wildman–Crippen LogP) is 2.18. The smallest absolute Gasteiger partial charge is 0.305 e. The highest BCUT2D eigenvalue weighted by Gasteiger charge is 2.27. The van der Waals surface area contributed by atoms with Gasteiger partial charge in [0.25, 0.3) is 0 Å². The molecule has 2 unspecified atom stereocenters. The van der Waals surface area contributed by atoms with Gasteiger partial charge in [-0.1, -0.05) is 19.3 Å². The van der Waals surface area contributed by atoms with Crippen molar-refractivity contribution in [2.45, 2.75) is 63.5 Å². The molecule has 2 aliphatic rings. The fraction of sp³-hybridized carbons (Fsp3) is 0.938. The second-order valence-corrected chi connectivity index (χ2v) is 6.64. The van der Waals surface area contributed by atoms with Gasteiger partial charge in [-0.25, -0.2) is 0 Å². The van der Waals surface area contributed by atoms with Crippen molar-refractivity contribution in [3.8, 4) is 0 Å². The number of hydrogen-bond donors (Lipinski definition) is 1. The first-order chi connectivity index (χ1) is 9.67. The van der Waals surface area contributed by atoms with E-state index in [1.54, 1.807) is 0 Å². The zero-order valence-corrected chi connectivity index (χ0v) is 13.1. The van der Waals surface area contributed by atoms with E-state index in [4.69, 9.17) is 4.74 Å². The van der Waals surface area contributed by atoms with Crippen LogP contribution in [-0.4, -0.2) is 50.2 Å². The molecule has 0 aromatic heterocycles. The molecule has 2 rings (SSSR count). The first kappa shape index (κ1) is 15.8. The summed E-state index contributed by atoms with van der Waals surface area (Å²) in [5.74, 6) is 0.545. The van der Waals surface area contributed by atoms with Crippen molar-refractivity contribution in [2.24, 2.45) is 5.92 Å². The number of carbonyl (C=O) groups excluding carboxylic acids is 1. The number of esters is 1. The van der Waals surface area contributed by atoms with Crippen LogP contribution in [0.15, 0.2) is 0 Å². The number of carbonyl (C=O) groups is 1. The molecule has 0 radical (unpaired) electrons. The zero-order valence-electron chi connectivity index (χ0n) is 13.1. The van der Waals surface area contributed by atoms with Gasteiger partial charge < -0.3 is 15.0 Å². The average Bonchev–Trinajstić information content (AvgIpc) is 2.45. The minimum absolute atomic E-state index is 0.0741. The van der Waals surface area contributed by atoms with E-state index in [0.29, 0.717) is 18.4 Å². The van der Waals surface area contributed by atoms with Crippen molar-refractivity contribution in [1.29, 1.82) is 0 Å². The van der Waals surface area contributed by atoms with Gasteiger partial charge in [-0.3, -0.25) is 4.79 Å². The predicted molar refractivity (Wildman–Crippen MR) is 80.7 cm³/mol. The van der Waals surface area contributed by atoms with Crippen LogP contribution in [0.1, 0.15) is 51.4 Å². The summed E-state index contributed by atoms with van der Waals surface area (Å²) in [5.41, 5.74) is 0. The highest BCUT2D eigenvalue weighted by molar-refractivity contribution is 5.69. The van der Waals surface area contributed by atoms with Crippen molar-refractivity contribution >= 4 is 5.97 Å². The van der Waals surface area contributed by atoms with Gasteiger partial charge in [0.1, 0.15) is 0 Å². The van der Waals surface area contributed by atoms with Gasteiger partial charge in [-0.15, -0.1) is 0 Å². The van der Waals surface area contributed by atoms with E-state index in [1.165, 1.54) is 45.6 Å². The Balaban J connectivity index is 1.76. The molecule has 0 amide bonds. The second kappa shape index (κ2) is 7.99. The zero-order chi connectivity index (χ0) is 14.4. The molecule has 1 saturated heterocycles. The fourth-order valence-electron chi connectivity index (χ4n) is 3.80. The van der Waals surface area contributed by atoms with Gasteiger partial charge in [0.05, 0.1) is 7.11 Å². The number of nitrogens with zero attached hydrogens (tertiary/aromatic N) is 1. The summed E-state index contributed by atoms with van der Waals surface area (Å²) in [5, 5.41) is 3.86. The number of ether oxygens (including phenoxy) is 1. The molecule has 2 atom stereocenters. The summed E-state index contributed by atoms with van der Waals surface area (Å²) < 4.78 is 4.75. The third-order valence-electron chi connectivity index (χ3n) is 4.78. The number of methoxy groups -OCH3 is 1. The van der Waals surface area contributed by atoms with Gasteiger partial charge >= 0.3 is 5.97 Å². The van der Waals surface area contributed by atoms with Gasteiger partial charge in [0.2, 0.25) is 0 Å². The molecule has 0 bridgehead atoms. The van der Waals surface area contributed by atoms with Gasteiger partial charge in [0.15, 0.2) is 0 Å². The Labute approximate surface area is 123 Å². The molecule has 2 fully saturated rings. The van der Waals surface area contributed by atoms with Crippen molar-refractivity contribution in [1.82, 2.24) is 10.2 Å². The second-order valence-electron chi connectivity index (χ2n) is 6.64. The van der Waals surface area contributed by atoms with Crippen LogP contribution >= 0.6 is 0 Å². The molecule has 1 heterocycles. The third-order valence-corrected chi connectivity index (χ3v) is 4.78. The Morgan fingerprint density at radius 3 is 2.65 bits per heavy atom.